The molecule has 1 heterocycles. The zero-order valence-corrected chi connectivity index (χ0v) is 10.7. The molecule has 1 fully saturated rings. The smallest absolute Gasteiger partial charge is 0.410 e. The van der Waals surface area contributed by atoms with E-state index in [0.717, 1.165) is 0 Å². The highest BCUT2D eigenvalue weighted by atomic mass is 16.6. The van der Waals surface area contributed by atoms with Crippen LogP contribution < -0.4 is 0 Å². The summed E-state index contributed by atoms with van der Waals surface area (Å²) in [4.78, 5) is 24.1. The van der Waals surface area contributed by atoms with Gasteiger partial charge in [-0.15, -0.1) is 0 Å². The molecule has 94 valence electrons. The Morgan fingerprint density at radius 2 is 1.94 bits per heavy atom. The molecular formula is C12H18N2O3. The van der Waals surface area contributed by atoms with E-state index in [1.165, 1.54) is 11.8 Å². The topological polar surface area (TPSA) is 70.4 Å². The van der Waals surface area contributed by atoms with Gasteiger partial charge < -0.3 is 9.64 Å². The van der Waals surface area contributed by atoms with Crippen LogP contribution >= 0.6 is 0 Å². The first-order valence-corrected chi connectivity index (χ1v) is 5.56. The van der Waals surface area contributed by atoms with Gasteiger partial charge in [-0.05, 0) is 27.7 Å². The van der Waals surface area contributed by atoms with E-state index in [1.54, 1.807) is 20.8 Å². The first-order chi connectivity index (χ1) is 7.67. The summed E-state index contributed by atoms with van der Waals surface area (Å²) in [6, 6.07) is 2.12. The summed E-state index contributed by atoms with van der Waals surface area (Å²) >= 11 is 0. The summed E-state index contributed by atoms with van der Waals surface area (Å²) < 4.78 is 5.18. The normalized spacial score (nSPS) is 17.9. The summed E-state index contributed by atoms with van der Waals surface area (Å²) in [5.41, 5.74) is -1.24. The molecule has 5 heteroatoms. The van der Waals surface area contributed by atoms with Gasteiger partial charge in [0.2, 0.25) is 0 Å². The second kappa shape index (κ2) is 4.36. The van der Waals surface area contributed by atoms with Crippen LogP contribution in [0.3, 0.4) is 0 Å². The van der Waals surface area contributed by atoms with E-state index in [0.29, 0.717) is 0 Å². The molecule has 1 saturated heterocycles. The molecule has 0 aromatic rings. The predicted molar refractivity (Wildman–Crippen MR) is 61.2 cm³/mol. The third kappa shape index (κ3) is 3.45. The SMILES string of the molecule is CC(=O)CC1(C#N)CN(C(=O)OC(C)(C)C)C1. The van der Waals surface area contributed by atoms with Gasteiger partial charge in [-0.25, -0.2) is 4.79 Å². The highest BCUT2D eigenvalue weighted by molar-refractivity contribution is 5.78. The Labute approximate surface area is 101 Å². The molecule has 0 atom stereocenters. The van der Waals surface area contributed by atoms with Crippen molar-refractivity contribution in [2.45, 2.75) is 39.7 Å². The molecule has 0 spiro atoms. The average Bonchev–Trinajstić information content (AvgIpc) is 2.06. The van der Waals surface area contributed by atoms with E-state index in [1.807, 2.05) is 0 Å². The van der Waals surface area contributed by atoms with Crippen LogP contribution in [0, 0.1) is 16.7 Å². The Morgan fingerprint density at radius 1 is 1.41 bits per heavy atom. The van der Waals surface area contributed by atoms with E-state index < -0.39 is 17.1 Å². The first kappa shape index (κ1) is 13.5. The lowest BCUT2D eigenvalue weighted by molar-refractivity contribution is -0.120. The molecule has 0 radical (unpaired) electrons. The zero-order valence-electron chi connectivity index (χ0n) is 10.7. The maximum absolute atomic E-state index is 11.6. The molecule has 0 unspecified atom stereocenters. The largest absolute Gasteiger partial charge is 0.444 e. The van der Waals surface area contributed by atoms with Crippen LogP contribution in [0.4, 0.5) is 4.79 Å². The minimum Gasteiger partial charge on any atom is -0.444 e. The van der Waals surface area contributed by atoms with Crippen LogP contribution in [0.5, 0.6) is 0 Å². The van der Waals surface area contributed by atoms with E-state index in [2.05, 4.69) is 6.07 Å². The number of rotatable bonds is 2. The van der Waals surface area contributed by atoms with Crippen LogP contribution in [-0.2, 0) is 9.53 Å². The molecule has 5 nitrogen and oxygen atoms in total. The molecule has 0 N–H and O–H groups in total. The van der Waals surface area contributed by atoms with Crippen molar-refractivity contribution in [3.8, 4) is 6.07 Å². The number of carbonyl (C=O) groups is 2. The highest BCUT2D eigenvalue weighted by Crippen LogP contribution is 2.34. The number of nitrogens with zero attached hydrogens (tertiary/aromatic N) is 2. The number of ketones is 1. The number of hydrogen-bond donors (Lipinski definition) is 0. The number of Topliss-reactive ketones (excluding diaryl/α,β-unsaturated/α-hetero) is 1. The van der Waals surface area contributed by atoms with Gasteiger partial charge in [-0.1, -0.05) is 0 Å². The third-order valence-electron chi connectivity index (χ3n) is 2.46. The van der Waals surface area contributed by atoms with Crippen molar-refractivity contribution in [2.75, 3.05) is 13.1 Å². The van der Waals surface area contributed by atoms with Gasteiger partial charge in [0.25, 0.3) is 0 Å². The van der Waals surface area contributed by atoms with Crippen molar-refractivity contribution in [1.29, 1.82) is 5.26 Å². The Bertz CT molecular complexity index is 370. The number of likely N-dealkylation sites (tertiary alicyclic amines) is 1. The number of nitriles is 1. The molecule has 0 aliphatic carbocycles. The molecule has 1 amide bonds. The van der Waals surface area contributed by atoms with Gasteiger partial charge in [0.1, 0.15) is 11.4 Å². The molecule has 1 rings (SSSR count). The summed E-state index contributed by atoms with van der Waals surface area (Å²) in [5, 5.41) is 9.04. The minimum atomic E-state index is -0.706. The maximum atomic E-state index is 11.6. The number of amides is 1. The van der Waals surface area contributed by atoms with E-state index >= 15 is 0 Å². The van der Waals surface area contributed by atoms with Gasteiger partial charge in [0, 0.05) is 19.5 Å². The monoisotopic (exact) mass is 238 g/mol. The summed E-state index contributed by atoms with van der Waals surface area (Å²) in [6.07, 6.45) is -0.227. The van der Waals surface area contributed by atoms with Gasteiger partial charge in [-0.3, -0.25) is 4.79 Å². The Balaban J connectivity index is 2.53. The van der Waals surface area contributed by atoms with Crippen LogP contribution in [0.1, 0.15) is 34.1 Å². The van der Waals surface area contributed by atoms with Gasteiger partial charge >= 0.3 is 6.09 Å². The van der Waals surface area contributed by atoms with Crippen molar-refractivity contribution in [3.05, 3.63) is 0 Å². The molecular weight excluding hydrogens is 220 g/mol. The Hall–Kier alpha value is -1.57. The predicted octanol–water partition coefficient (Wildman–Crippen LogP) is 1.73. The molecule has 1 aliphatic rings. The van der Waals surface area contributed by atoms with Crippen LogP contribution in [0.25, 0.3) is 0 Å². The van der Waals surface area contributed by atoms with E-state index in [9.17, 15) is 9.59 Å². The average molecular weight is 238 g/mol. The maximum Gasteiger partial charge on any atom is 0.410 e. The number of hydrogen-bond acceptors (Lipinski definition) is 4. The summed E-state index contributed by atoms with van der Waals surface area (Å²) in [6.45, 7) is 7.37. The van der Waals surface area contributed by atoms with Gasteiger partial charge in [0.05, 0.1) is 11.5 Å². The van der Waals surface area contributed by atoms with Crippen molar-refractivity contribution >= 4 is 11.9 Å². The Morgan fingerprint density at radius 3 is 2.29 bits per heavy atom. The van der Waals surface area contributed by atoms with E-state index in [-0.39, 0.29) is 25.3 Å². The second-order valence-electron chi connectivity index (χ2n) is 5.61. The van der Waals surface area contributed by atoms with Crippen LogP contribution in [-0.4, -0.2) is 35.5 Å². The number of carbonyl (C=O) groups excluding carboxylic acids is 2. The minimum absolute atomic E-state index is 0.0320. The second-order valence-corrected chi connectivity index (χ2v) is 5.61. The molecule has 1 aliphatic heterocycles. The summed E-state index contributed by atoms with van der Waals surface area (Å²) in [5.74, 6) is -0.0320. The van der Waals surface area contributed by atoms with Crippen LogP contribution in [0.2, 0.25) is 0 Å². The van der Waals surface area contributed by atoms with Crippen LogP contribution in [0.15, 0.2) is 0 Å². The molecule has 0 bridgehead atoms. The fourth-order valence-electron chi connectivity index (χ4n) is 1.84. The van der Waals surface area contributed by atoms with Crippen molar-refractivity contribution in [3.63, 3.8) is 0 Å². The van der Waals surface area contributed by atoms with Crippen molar-refractivity contribution in [1.82, 2.24) is 4.90 Å². The first-order valence-electron chi connectivity index (χ1n) is 5.56. The molecule has 17 heavy (non-hydrogen) atoms. The zero-order chi connectivity index (χ0) is 13.3. The lowest BCUT2D eigenvalue weighted by atomic mass is 9.77. The highest BCUT2D eigenvalue weighted by Gasteiger charge is 2.47. The van der Waals surface area contributed by atoms with Gasteiger partial charge in [0.15, 0.2) is 0 Å². The number of ether oxygens (including phenoxy) is 1. The third-order valence-corrected chi connectivity index (χ3v) is 2.46. The quantitative estimate of drug-likeness (QED) is 0.734. The lowest BCUT2D eigenvalue weighted by Gasteiger charge is -2.45. The van der Waals surface area contributed by atoms with Crippen molar-refractivity contribution < 1.29 is 14.3 Å². The fraction of sp³-hybridized carbons (Fsp3) is 0.750. The lowest BCUT2D eigenvalue weighted by Crippen LogP contribution is -2.59. The molecule has 0 aromatic carbocycles. The van der Waals surface area contributed by atoms with Gasteiger partial charge in [-0.2, -0.15) is 5.26 Å². The summed E-state index contributed by atoms with van der Waals surface area (Å²) in [7, 11) is 0. The van der Waals surface area contributed by atoms with E-state index in [4.69, 9.17) is 10.00 Å². The fourth-order valence-corrected chi connectivity index (χ4v) is 1.84. The standard InChI is InChI=1S/C12H18N2O3/c1-9(15)5-12(6-13)7-14(8-12)10(16)17-11(2,3)4/h5,7-8H2,1-4H3. The molecule has 0 saturated carbocycles. The van der Waals surface area contributed by atoms with Crippen molar-refractivity contribution in [2.24, 2.45) is 5.41 Å². The Kier molecular flexibility index (Phi) is 3.46. The molecule has 0 aromatic heterocycles.